The molecule has 1 aromatic heterocycles. The SMILES string of the molecule is CCC(CC)c1cc(CNC(=NC)NCc2ccc(S(C)(=O)=O)c(C)c2)on1. The molecule has 0 spiro atoms. The summed E-state index contributed by atoms with van der Waals surface area (Å²) in [5.74, 6) is 1.82. The monoisotopic (exact) mass is 406 g/mol. The van der Waals surface area contributed by atoms with Gasteiger partial charge in [-0.15, -0.1) is 0 Å². The van der Waals surface area contributed by atoms with Crippen LogP contribution in [0.15, 0.2) is 38.7 Å². The first-order valence-electron chi connectivity index (χ1n) is 9.48. The fourth-order valence-electron chi connectivity index (χ4n) is 3.13. The molecule has 7 nitrogen and oxygen atoms in total. The quantitative estimate of drug-likeness (QED) is 0.516. The highest BCUT2D eigenvalue weighted by molar-refractivity contribution is 7.90. The van der Waals surface area contributed by atoms with Gasteiger partial charge in [-0.3, -0.25) is 4.99 Å². The molecule has 2 rings (SSSR count). The van der Waals surface area contributed by atoms with E-state index in [-0.39, 0.29) is 0 Å². The van der Waals surface area contributed by atoms with Crippen LogP contribution >= 0.6 is 0 Å². The minimum atomic E-state index is -3.21. The molecule has 8 heteroatoms. The summed E-state index contributed by atoms with van der Waals surface area (Å²) in [4.78, 5) is 4.57. The van der Waals surface area contributed by atoms with E-state index in [1.165, 1.54) is 6.26 Å². The first-order valence-corrected chi connectivity index (χ1v) is 11.4. The van der Waals surface area contributed by atoms with Gasteiger partial charge in [0.2, 0.25) is 0 Å². The molecule has 0 unspecified atom stereocenters. The van der Waals surface area contributed by atoms with Crippen LogP contribution in [0.2, 0.25) is 0 Å². The zero-order valence-corrected chi connectivity index (χ0v) is 18.1. The minimum Gasteiger partial charge on any atom is -0.359 e. The molecule has 0 saturated heterocycles. The number of aliphatic imine (C=N–C) groups is 1. The second-order valence-electron chi connectivity index (χ2n) is 6.88. The Morgan fingerprint density at radius 1 is 1.18 bits per heavy atom. The second-order valence-corrected chi connectivity index (χ2v) is 8.87. The number of hydrogen-bond donors (Lipinski definition) is 2. The number of benzene rings is 1. The van der Waals surface area contributed by atoms with Crippen LogP contribution in [0.4, 0.5) is 0 Å². The fraction of sp³-hybridized carbons (Fsp3) is 0.500. The molecule has 1 heterocycles. The van der Waals surface area contributed by atoms with Crippen molar-refractivity contribution in [1.82, 2.24) is 15.8 Å². The summed E-state index contributed by atoms with van der Waals surface area (Å²) in [6.07, 6.45) is 3.30. The Balaban J connectivity index is 1.92. The molecule has 0 atom stereocenters. The fourth-order valence-corrected chi connectivity index (χ4v) is 4.09. The van der Waals surface area contributed by atoms with Gasteiger partial charge in [0, 0.05) is 31.8 Å². The lowest BCUT2D eigenvalue weighted by atomic mass is 9.99. The molecule has 1 aromatic carbocycles. The van der Waals surface area contributed by atoms with Gasteiger partial charge in [-0.25, -0.2) is 8.42 Å². The topological polar surface area (TPSA) is 96.6 Å². The van der Waals surface area contributed by atoms with E-state index < -0.39 is 9.84 Å². The number of rotatable bonds is 8. The van der Waals surface area contributed by atoms with Gasteiger partial charge in [0.15, 0.2) is 21.6 Å². The Morgan fingerprint density at radius 3 is 2.43 bits per heavy atom. The Labute approximate surface area is 167 Å². The zero-order chi connectivity index (χ0) is 20.7. The summed E-state index contributed by atoms with van der Waals surface area (Å²) in [6.45, 7) is 7.11. The van der Waals surface area contributed by atoms with Crippen LogP contribution in [0.5, 0.6) is 0 Å². The average Bonchev–Trinajstić information content (AvgIpc) is 3.10. The van der Waals surface area contributed by atoms with Crippen LogP contribution in [0.1, 0.15) is 55.2 Å². The molecular weight excluding hydrogens is 376 g/mol. The van der Waals surface area contributed by atoms with Gasteiger partial charge < -0.3 is 15.2 Å². The van der Waals surface area contributed by atoms with Gasteiger partial charge in [0.05, 0.1) is 17.1 Å². The molecule has 2 N–H and O–H groups in total. The number of aromatic nitrogens is 1. The Bertz CT molecular complexity index is 915. The van der Waals surface area contributed by atoms with Crippen molar-refractivity contribution in [2.45, 2.75) is 57.5 Å². The maximum Gasteiger partial charge on any atom is 0.191 e. The summed E-state index contributed by atoms with van der Waals surface area (Å²) >= 11 is 0. The third kappa shape index (κ3) is 5.82. The van der Waals surface area contributed by atoms with Gasteiger partial charge >= 0.3 is 0 Å². The highest BCUT2D eigenvalue weighted by atomic mass is 32.2. The van der Waals surface area contributed by atoms with Gasteiger partial charge in [0.25, 0.3) is 0 Å². The number of aryl methyl sites for hydroxylation is 1. The molecule has 28 heavy (non-hydrogen) atoms. The lowest BCUT2D eigenvalue weighted by Gasteiger charge is -2.12. The first kappa shape index (κ1) is 21.9. The number of sulfone groups is 1. The number of nitrogens with zero attached hydrogens (tertiary/aromatic N) is 2. The van der Waals surface area contributed by atoms with Crippen molar-refractivity contribution in [2.24, 2.45) is 4.99 Å². The van der Waals surface area contributed by atoms with Crippen LogP contribution in [-0.4, -0.2) is 32.8 Å². The van der Waals surface area contributed by atoms with Crippen molar-refractivity contribution >= 4 is 15.8 Å². The lowest BCUT2D eigenvalue weighted by Crippen LogP contribution is -2.36. The van der Waals surface area contributed by atoms with Crippen LogP contribution in [0.25, 0.3) is 0 Å². The Kier molecular flexibility index (Phi) is 7.62. The maximum absolute atomic E-state index is 11.7. The van der Waals surface area contributed by atoms with Crippen LogP contribution in [0.3, 0.4) is 0 Å². The molecule has 0 fully saturated rings. The molecule has 0 amide bonds. The van der Waals surface area contributed by atoms with Gasteiger partial charge in [-0.05, 0) is 37.0 Å². The van der Waals surface area contributed by atoms with E-state index in [0.717, 1.165) is 35.4 Å². The van der Waals surface area contributed by atoms with E-state index in [0.29, 0.717) is 29.9 Å². The van der Waals surface area contributed by atoms with E-state index in [1.54, 1.807) is 20.0 Å². The smallest absolute Gasteiger partial charge is 0.191 e. The van der Waals surface area contributed by atoms with Crippen LogP contribution < -0.4 is 10.6 Å². The predicted molar refractivity (Wildman–Crippen MR) is 111 cm³/mol. The zero-order valence-electron chi connectivity index (χ0n) is 17.2. The standard InChI is InChI=1S/C20H30N4O3S/c1-6-16(7-2)18-11-17(27-24-18)13-23-20(21-4)22-12-15-8-9-19(14(3)10-15)28(5,25)26/h8-11,16H,6-7,12-13H2,1-5H3,(H2,21,22,23). The van der Waals surface area contributed by atoms with Crippen molar-refractivity contribution in [3.05, 3.63) is 46.8 Å². The normalized spacial score (nSPS) is 12.4. The molecular formula is C20H30N4O3S. The van der Waals surface area contributed by atoms with Gasteiger partial charge in [-0.1, -0.05) is 31.1 Å². The predicted octanol–water partition coefficient (Wildman–Crippen LogP) is 3.16. The second kappa shape index (κ2) is 9.73. The lowest BCUT2D eigenvalue weighted by molar-refractivity contribution is 0.368. The third-order valence-electron chi connectivity index (χ3n) is 4.73. The summed E-state index contributed by atoms with van der Waals surface area (Å²) in [6, 6.07) is 7.31. The molecule has 0 aliphatic carbocycles. The number of nitrogens with one attached hydrogen (secondary N) is 2. The van der Waals surface area contributed by atoms with E-state index in [4.69, 9.17) is 4.52 Å². The summed E-state index contributed by atoms with van der Waals surface area (Å²) < 4.78 is 28.9. The maximum atomic E-state index is 11.7. The Morgan fingerprint density at radius 2 is 1.86 bits per heavy atom. The van der Waals surface area contributed by atoms with Crippen molar-refractivity contribution < 1.29 is 12.9 Å². The van der Waals surface area contributed by atoms with E-state index in [1.807, 2.05) is 18.2 Å². The van der Waals surface area contributed by atoms with E-state index in [9.17, 15) is 8.42 Å². The minimum absolute atomic E-state index is 0.359. The molecule has 0 saturated carbocycles. The van der Waals surface area contributed by atoms with Crippen molar-refractivity contribution in [3.8, 4) is 0 Å². The van der Waals surface area contributed by atoms with Crippen LogP contribution in [-0.2, 0) is 22.9 Å². The molecule has 0 bridgehead atoms. The average molecular weight is 407 g/mol. The van der Waals surface area contributed by atoms with Crippen molar-refractivity contribution in [3.63, 3.8) is 0 Å². The van der Waals surface area contributed by atoms with Gasteiger partial charge in [0.1, 0.15) is 0 Å². The summed E-state index contributed by atoms with van der Waals surface area (Å²) in [5, 5.41) is 10.6. The highest BCUT2D eigenvalue weighted by Gasteiger charge is 2.13. The molecule has 2 aromatic rings. The highest BCUT2D eigenvalue weighted by Crippen LogP contribution is 2.22. The van der Waals surface area contributed by atoms with Crippen molar-refractivity contribution in [2.75, 3.05) is 13.3 Å². The van der Waals surface area contributed by atoms with Crippen molar-refractivity contribution in [1.29, 1.82) is 0 Å². The summed E-state index contributed by atoms with van der Waals surface area (Å²) in [5.41, 5.74) is 2.70. The molecule has 0 radical (unpaired) electrons. The Hall–Kier alpha value is -2.35. The molecule has 154 valence electrons. The largest absolute Gasteiger partial charge is 0.359 e. The van der Waals surface area contributed by atoms with Gasteiger partial charge in [-0.2, -0.15) is 0 Å². The third-order valence-corrected chi connectivity index (χ3v) is 5.99. The van der Waals surface area contributed by atoms with Crippen LogP contribution in [0, 0.1) is 6.92 Å². The number of guanidine groups is 1. The molecule has 0 aliphatic heterocycles. The van der Waals surface area contributed by atoms with E-state index >= 15 is 0 Å². The molecule has 0 aliphatic rings. The first-order chi connectivity index (χ1) is 13.3. The summed E-state index contributed by atoms with van der Waals surface area (Å²) in [7, 11) is -1.51. The van der Waals surface area contributed by atoms with E-state index in [2.05, 4.69) is 34.6 Å². The number of hydrogen-bond acceptors (Lipinski definition) is 5.